The van der Waals surface area contributed by atoms with Gasteiger partial charge in [-0.3, -0.25) is 0 Å². The Labute approximate surface area is 233 Å². The topological polar surface area (TPSA) is 19.1 Å². The van der Waals surface area contributed by atoms with Gasteiger partial charge < -0.3 is 13.9 Å². The average molecular weight is 535 g/mol. The average Bonchev–Trinajstić information content (AvgIpc) is 3.51. The molecule has 0 amide bonds. The molecule has 1 aliphatic heterocycles. The van der Waals surface area contributed by atoms with Crippen molar-refractivity contribution in [3.8, 4) is 34.0 Å². The zero-order valence-corrected chi connectivity index (χ0v) is 21.6. The van der Waals surface area contributed by atoms with Crippen molar-refractivity contribution in [3.63, 3.8) is 0 Å². The zero-order valence-electron chi connectivity index (χ0n) is 21.6. The van der Waals surface area contributed by atoms with Crippen molar-refractivity contribution in [2.45, 2.75) is 0 Å². The Kier molecular flexibility index (Phi) is 4.40. The number of hydrogen-bond acceptors (Lipinski definition) is 1. The summed E-state index contributed by atoms with van der Waals surface area (Å²) in [6.45, 7) is 0. The summed E-state index contributed by atoms with van der Waals surface area (Å²) in [6, 6.07) is 38.5. The highest BCUT2D eigenvalue weighted by molar-refractivity contribution is 6.17. The van der Waals surface area contributed by atoms with Crippen molar-refractivity contribution in [2.75, 3.05) is 0 Å². The van der Waals surface area contributed by atoms with Crippen LogP contribution < -0.4 is 4.74 Å². The third kappa shape index (κ3) is 3.06. The maximum absolute atomic E-state index is 14.2. The van der Waals surface area contributed by atoms with Crippen molar-refractivity contribution >= 4 is 43.6 Å². The van der Waals surface area contributed by atoms with E-state index in [0.29, 0.717) is 10.8 Å². The minimum absolute atomic E-state index is 0.344. The van der Waals surface area contributed by atoms with Gasteiger partial charge in [0.15, 0.2) is 11.5 Å². The second-order valence-corrected chi connectivity index (χ2v) is 10.5. The van der Waals surface area contributed by atoms with Gasteiger partial charge in [0.2, 0.25) is 0 Å². The molecule has 194 valence electrons. The number of halogens is 2. The molecule has 8 aromatic rings. The smallest absolute Gasteiger partial charge is 0.152 e. The van der Waals surface area contributed by atoms with Crippen LogP contribution in [0.5, 0.6) is 11.5 Å². The van der Waals surface area contributed by atoms with Crippen LogP contribution in [0, 0.1) is 11.6 Å². The monoisotopic (exact) mass is 534 g/mol. The summed E-state index contributed by atoms with van der Waals surface area (Å²) < 4.78 is 39.0. The van der Waals surface area contributed by atoms with Crippen LogP contribution in [0.25, 0.3) is 66.1 Å². The molecule has 0 aliphatic carbocycles. The number of para-hydroxylation sites is 3. The largest absolute Gasteiger partial charge is 0.453 e. The maximum Gasteiger partial charge on any atom is 0.152 e. The molecule has 0 spiro atoms. The van der Waals surface area contributed by atoms with Crippen LogP contribution in [0.2, 0.25) is 0 Å². The Morgan fingerprint density at radius 1 is 0.512 bits per heavy atom. The lowest BCUT2D eigenvalue weighted by Crippen LogP contribution is -2.03. The molecule has 41 heavy (non-hydrogen) atoms. The van der Waals surface area contributed by atoms with E-state index < -0.39 is 0 Å². The lowest BCUT2D eigenvalue weighted by atomic mass is 9.99. The molecule has 0 bridgehead atoms. The van der Waals surface area contributed by atoms with E-state index in [0.717, 1.165) is 61.5 Å². The summed E-state index contributed by atoms with van der Waals surface area (Å²) in [7, 11) is 0. The number of aromatic nitrogens is 2. The van der Waals surface area contributed by atoms with Crippen molar-refractivity contribution in [3.05, 3.63) is 133 Å². The molecule has 3 heterocycles. The third-order valence-corrected chi connectivity index (χ3v) is 8.23. The van der Waals surface area contributed by atoms with E-state index in [1.165, 1.54) is 29.7 Å². The molecule has 5 heteroatoms. The van der Waals surface area contributed by atoms with Gasteiger partial charge in [0.25, 0.3) is 0 Å². The van der Waals surface area contributed by atoms with Crippen LogP contribution in [-0.2, 0) is 0 Å². The predicted molar refractivity (Wildman–Crippen MR) is 161 cm³/mol. The fraction of sp³-hybridized carbons (Fsp3) is 0. The second-order valence-electron chi connectivity index (χ2n) is 10.5. The van der Waals surface area contributed by atoms with Gasteiger partial charge in [0, 0.05) is 27.2 Å². The standard InChI is InChI=1S/C36H20F2N2O/c37-22-13-17-29-27(19-22)28-20-23(38)14-18-30(28)39(29)24-15-11-21(12-16-24)25-5-3-8-32-35(25)26-6-4-10-34-36(26)40(32)31-7-1-2-9-33(31)41-34/h1-20H. The fourth-order valence-electron chi connectivity index (χ4n) is 6.54. The zero-order chi connectivity index (χ0) is 27.2. The molecular formula is C36H20F2N2O. The summed E-state index contributed by atoms with van der Waals surface area (Å²) in [5, 5.41) is 3.67. The number of hydrogen-bond donors (Lipinski definition) is 0. The number of benzene rings is 6. The minimum Gasteiger partial charge on any atom is -0.453 e. The SMILES string of the molecule is Fc1ccc2c(c1)c1cc(F)ccc1n2-c1ccc(-c2cccc3c2c2cccc4c2n3-c2ccccc2O4)cc1. The van der Waals surface area contributed by atoms with Gasteiger partial charge in [-0.15, -0.1) is 0 Å². The van der Waals surface area contributed by atoms with E-state index in [1.54, 1.807) is 12.1 Å². The van der Waals surface area contributed by atoms with E-state index in [9.17, 15) is 8.78 Å². The Morgan fingerprint density at radius 3 is 1.95 bits per heavy atom. The first-order valence-corrected chi connectivity index (χ1v) is 13.5. The molecule has 3 nitrogen and oxygen atoms in total. The van der Waals surface area contributed by atoms with E-state index in [2.05, 4.69) is 63.7 Å². The van der Waals surface area contributed by atoms with Crippen molar-refractivity contribution < 1.29 is 13.5 Å². The maximum atomic E-state index is 14.2. The molecule has 0 saturated heterocycles. The summed E-state index contributed by atoms with van der Waals surface area (Å²) in [5.41, 5.74) is 7.99. The van der Waals surface area contributed by atoms with Gasteiger partial charge >= 0.3 is 0 Å². The molecule has 0 saturated carbocycles. The van der Waals surface area contributed by atoms with Gasteiger partial charge in [0.05, 0.1) is 27.8 Å². The van der Waals surface area contributed by atoms with Crippen molar-refractivity contribution in [1.82, 2.24) is 9.13 Å². The lowest BCUT2D eigenvalue weighted by Gasteiger charge is -2.20. The highest BCUT2D eigenvalue weighted by atomic mass is 19.1. The molecule has 0 atom stereocenters. The van der Waals surface area contributed by atoms with Gasteiger partial charge in [-0.1, -0.05) is 48.5 Å². The summed E-state index contributed by atoms with van der Waals surface area (Å²) in [6.07, 6.45) is 0. The van der Waals surface area contributed by atoms with E-state index in [4.69, 9.17) is 4.74 Å². The number of ether oxygens (including phenoxy) is 1. The summed E-state index contributed by atoms with van der Waals surface area (Å²) in [5.74, 6) is 0.996. The molecule has 6 aromatic carbocycles. The lowest BCUT2D eigenvalue weighted by molar-refractivity contribution is 0.476. The van der Waals surface area contributed by atoms with E-state index in [-0.39, 0.29) is 11.6 Å². The normalized spacial score (nSPS) is 12.3. The summed E-state index contributed by atoms with van der Waals surface area (Å²) in [4.78, 5) is 0. The number of rotatable bonds is 2. The van der Waals surface area contributed by atoms with Crippen molar-refractivity contribution in [1.29, 1.82) is 0 Å². The second kappa shape index (κ2) is 8.05. The first-order chi connectivity index (χ1) is 20.2. The van der Waals surface area contributed by atoms with Gasteiger partial charge in [-0.25, -0.2) is 8.78 Å². The number of nitrogens with zero attached hydrogens (tertiary/aromatic N) is 2. The van der Waals surface area contributed by atoms with Gasteiger partial charge in [-0.05, 0) is 83.9 Å². The molecule has 0 radical (unpaired) electrons. The van der Waals surface area contributed by atoms with Crippen LogP contribution in [0.1, 0.15) is 0 Å². The highest BCUT2D eigenvalue weighted by Crippen LogP contribution is 2.47. The molecular weight excluding hydrogens is 514 g/mol. The Balaban J connectivity index is 1.26. The van der Waals surface area contributed by atoms with Crippen molar-refractivity contribution in [2.24, 2.45) is 0 Å². The fourth-order valence-corrected chi connectivity index (χ4v) is 6.54. The molecule has 9 rings (SSSR count). The Hall–Kier alpha value is -5.42. The molecule has 0 fully saturated rings. The molecule has 1 aliphatic rings. The van der Waals surface area contributed by atoms with Crippen LogP contribution >= 0.6 is 0 Å². The van der Waals surface area contributed by atoms with Crippen LogP contribution in [0.4, 0.5) is 8.78 Å². The molecule has 0 unspecified atom stereocenters. The first-order valence-electron chi connectivity index (χ1n) is 13.5. The van der Waals surface area contributed by atoms with Crippen LogP contribution in [0.3, 0.4) is 0 Å². The van der Waals surface area contributed by atoms with E-state index >= 15 is 0 Å². The summed E-state index contributed by atoms with van der Waals surface area (Å²) >= 11 is 0. The number of fused-ring (bicyclic) bond motifs is 8. The van der Waals surface area contributed by atoms with Gasteiger partial charge in [-0.2, -0.15) is 0 Å². The van der Waals surface area contributed by atoms with Crippen LogP contribution in [0.15, 0.2) is 121 Å². The van der Waals surface area contributed by atoms with E-state index in [1.807, 2.05) is 30.3 Å². The Bertz CT molecular complexity index is 2300. The third-order valence-electron chi connectivity index (χ3n) is 8.23. The Morgan fingerprint density at radius 2 is 1.20 bits per heavy atom. The quantitative estimate of drug-likeness (QED) is 0.216. The minimum atomic E-state index is -0.344. The predicted octanol–water partition coefficient (Wildman–Crippen LogP) is 9.93. The first kappa shape index (κ1) is 22.4. The molecule has 2 aromatic heterocycles. The highest BCUT2D eigenvalue weighted by Gasteiger charge is 2.24. The van der Waals surface area contributed by atoms with Gasteiger partial charge in [0.1, 0.15) is 11.6 Å². The van der Waals surface area contributed by atoms with Crippen LogP contribution in [-0.4, -0.2) is 9.13 Å². The molecule has 0 N–H and O–H groups in total.